The minimum atomic E-state index is -1.06. The number of benzene rings is 3. The fourth-order valence-corrected chi connectivity index (χ4v) is 4.84. The maximum absolute atomic E-state index is 13.6. The van der Waals surface area contributed by atoms with Crippen LogP contribution in [0.2, 0.25) is 0 Å². The Morgan fingerprint density at radius 1 is 0.861 bits per heavy atom. The summed E-state index contributed by atoms with van der Waals surface area (Å²) < 4.78 is 5.05. The lowest BCUT2D eigenvalue weighted by atomic mass is 9.88. The smallest absolute Gasteiger partial charge is 0.328 e. The van der Waals surface area contributed by atoms with Crippen LogP contribution in [0.5, 0.6) is 0 Å². The van der Waals surface area contributed by atoms with Crippen molar-refractivity contribution in [2.45, 2.75) is 24.5 Å². The van der Waals surface area contributed by atoms with E-state index in [9.17, 15) is 19.2 Å². The van der Waals surface area contributed by atoms with E-state index < -0.39 is 41.8 Å². The van der Waals surface area contributed by atoms with Gasteiger partial charge in [0.25, 0.3) is 11.8 Å². The molecule has 1 saturated heterocycles. The summed E-state index contributed by atoms with van der Waals surface area (Å²) in [6.45, 7) is 0. The monoisotopic (exact) mass is 480 g/mol. The minimum Gasteiger partial charge on any atom is -0.467 e. The molecule has 1 fully saturated rings. The van der Waals surface area contributed by atoms with E-state index in [1.54, 1.807) is 30.3 Å². The summed E-state index contributed by atoms with van der Waals surface area (Å²) in [6.07, 6.45) is 3.84. The van der Waals surface area contributed by atoms with Crippen molar-refractivity contribution in [3.8, 4) is 0 Å². The summed E-state index contributed by atoms with van der Waals surface area (Å²) in [5.41, 5.74) is 2.29. The van der Waals surface area contributed by atoms with Gasteiger partial charge in [-0.2, -0.15) is 0 Å². The molecule has 3 atom stereocenters. The molecule has 2 heterocycles. The van der Waals surface area contributed by atoms with Crippen molar-refractivity contribution in [2.75, 3.05) is 7.11 Å². The van der Waals surface area contributed by atoms with E-state index in [0.29, 0.717) is 0 Å². The molecule has 0 N–H and O–H groups in total. The van der Waals surface area contributed by atoms with Gasteiger partial charge in [0.05, 0.1) is 24.3 Å². The van der Waals surface area contributed by atoms with Crippen LogP contribution in [0.1, 0.15) is 31.8 Å². The molecular formula is C29H24N2O5. The SMILES string of the molecule is COC(=O)[C@H](Cc1ccccc1)N1C(=O)C(N2C(=O)c3ccccc3C2=O)C1C=Cc1ccccc1. The van der Waals surface area contributed by atoms with Gasteiger partial charge < -0.3 is 9.64 Å². The lowest BCUT2D eigenvalue weighted by molar-refractivity contribution is -0.167. The third-order valence-electron chi connectivity index (χ3n) is 6.62. The summed E-state index contributed by atoms with van der Waals surface area (Å²) in [4.78, 5) is 55.3. The summed E-state index contributed by atoms with van der Waals surface area (Å²) in [7, 11) is 1.28. The molecule has 0 saturated carbocycles. The van der Waals surface area contributed by atoms with Gasteiger partial charge in [0.15, 0.2) is 0 Å². The van der Waals surface area contributed by atoms with Crippen molar-refractivity contribution >= 4 is 29.8 Å². The lowest BCUT2D eigenvalue weighted by Crippen LogP contribution is -2.74. The Bertz CT molecular complexity index is 1320. The van der Waals surface area contributed by atoms with Crippen molar-refractivity contribution in [3.05, 3.63) is 113 Å². The van der Waals surface area contributed by atoms with Crippen LogP contribution in [-0.2, 0) is 20.7 Å². The Morgan fingerprint density at radius 3 is 2.00 bits per heavy atom. The molecule has 3 aromatic rings. The molecule has 0 spiro atoms. The van der Waals surface area contributed by atoms with E-state index in [1.807, 2.05) is 66.7 Å². The molecule has 7 nitrogen and oxygen atoms in total. The van der Waals surface area contributed by atoms with Crippen molar-refractivity contribution in [3.63, 3.8) is 0 Å². The van der Waals surface area contributed by atoms with Crippen LogP contribution in [0.3, 0.4) is 0 Å². The standard InChI is InChI=1S/C29H24N2O5/c1-36-29(35)24(18-20-12-6-3-7-13-20)30-23(17-16-19-10-4-2-5-11-19)25(28(30)34)31-26(32)21-14-8-9-15-22(21)27(31)33/h2-17,23-25H,18H2,1H3/t23?,24-,25?/m0/s1. The number of amides is 3. The number of nitrogens with zero attached hydrogens (tertiary/aromatic N) is 2. The second kappa shape index (κ2) is 9.62. The number of fused-ring (bicyclic) bond motifs is 1. The molecule has 3 aromatic carbocycles. The number of esters is 1. The van der Waals surface area contributed by atoms with Gasteiger partial charge in [-0.25, -0.2) is 4.79 Å². The van der Waals surface area contributed by atoms with Gasteiger partial charge in [-0.05, 0) is 23.3 Å². The number of carbonyl (C=O) groups is 4. The molecule has 0 bridgehead atoms. The number of β-lactam (4-membered cyclic amide) rings is 1. The zero-order valence-electron chi connectivity index (χ0n) is 19.6. The van der Waals surface area contributed by atoms with Crippen LogP contribution in [-0.4, -0.2) is 58.7 Å². The first kappa shape index (κ1) is 23.2. The molecule has 2 unspecified atom stereocenters. The van der Waals surface area contributed by atoms with Crippen LogP contribution in [0.25, 0.3) is 6.08 Å². The number of hydrogen-bond donors (Lipinski definition) is 0. The molecule has 0 aromatic heterocycles. The van der Waals surface area contributed by atoms with E-state index in [4.69, 9.17) is 4.74 Å². The van der Waals surface area contributed by atoms with Gasteiger partial charge in [-0.3, -0.25) is 19.3 Å². The number of rotatable bonds is 7. The molecule has 0 aliphatic carbocycles. The number of ether oxygens (including phenoxy) is 1. The molecule has 3 amide bonds. The zero-order valence-corrected chi connectivity index (χ0v) is 19.6. The highest BCUT2D eigenvalue weighted by Crippen LogP contribution is 2.36. The average molecular weight is 481 g/mol. The first-order valence-electron chi connectivity index (χ1n) is 11.7. The number of hydrogen-bond acceptors (Lipinski definition) is 5. The van der Waals surface area contributed by atoms with Crippen LogP contribution in [0.15, 0.2) is 91.0 Å². The molecule has 36 heavy (non-hydrogen) atoms. The predicted octanol–water partition coefficient (Wildman–Crippen LogP) is 3.36. The van der Waals surface area contributed by atoms with Gasteiger partial charge in [0, 0.05) is 6.42 Å². The molecule has 7 heteroatoms. The predicted molar refractivity (Wildman–Crippen MR) is 133 cm³/mol. The first-order chi connectivity index (χ1) is 17.5. The van der Waals surface area contributed by atoms with Gasteiger partial charge in [0.1, 0.15) is 12.1 Å². The van der Waals surface area contributed by atoms with Crippen molar-refractivity contribution < 1.29 is 23.9 Å². The second-order valence-corrected chi connectivity index (χ2v) is 8.71. The maximum atomic E-state index is 13.6. The van der Waals surface area contributed by atoms with E-state index in [2.05, 4.69) is 0 Å². The average Bonchev–Trinajstić information content (AvgIpc) is 3.16. The Balaban J connectivity index is 1.52. The maximum Gasteiger partial charge on any atom is 0.328 e. The van der Waals surface area contributed by atoms with Gasteiger partial charge >= 0.3 is 5.97 Å². The largest absolute Gasteiger partial charge is 0.467 e. The third kappa shape index (κ3) is 3.98. The van der Waals surface area contributed by atoms with Gasteiger partial charge in [0.2, 0.25) is 5.91 Å². The Kier molecular flexibility index (Phi) is 6.21. The number of imide groups is 1. The molecular weight excluding hydrogens is 456 g/mol. The van der Waals surface area contributed by atoms with E-state index in [0.717, 1.165) is 16.0 Å². The lowest BCUT2D eigenvalue weighted by Gasteiger charge is -2.51. The quantitative estimate of drug-likeness (QED) is 0.294. The third-order valence-corrected chi connectivity index (χ3v) is 6.62. The zero-order chi connectivity index (χ0) is 25.2. The summed E-state index contributed by atoms with van der Waals surface area (Å²) in [5.74, 6) is -2.06. The highest BCUT2D eigenvalue weighted by atomic mass is 16.5. The molecule has 2 aliphatic rings. The summed E-state index contributed by atoms with van der Waals surface area (Å²) >= 11 is 0. The Labute approximate surface area is 208 Å². The Hall–Kier alpha value is -4.52. The van der Waals surface area contributed by atoms with E-state index >= 15 is 0 Å². The second-order valence-electron chi connectivity index (χ2n) is 8.71. The first-order valence-corrected chi connectivity index (χ1v) is 11.7. The number of likely N-dealkylation sites (tertiary alicyclic amines) is 1. The fourth-order valence-electron chi connectivity index (χ4n) is 4.84. The molecule has 0 radical (unpaired) electrons. The highest BCUT2D eigenvalue weighted by molar-refractivity contribution is 6.23. The Morgan fingerprint density at radius 2 is 1.42 bits per heavy atom. The molecule has 5 rings (SSSR count). The topological polar surface area (TPSA) is 84.0 Å². The minimum absolute atomic E-state index is 0.240. The van der Waals surface area contributed by atoms with Crippen LogP contribution in [0.4, 0.5) is 0 Å². The molecule has 180 valence electrons. The van der Waals surface area contributed by atoms with E-state index in [-0.39, 0.29) is 17.5 Å². The normalized spacial score (nSPS) is 19.9. The van der Waals surface area contributed by atoms with Gasteiger partial charge in [-0.15, -0.1) is 0 Å². The molecule has 2 aliphatic heterocycles. The number of carbonyl (C=O) groups excluding carboxylic acids is 4. The fraction of sp³-hybridized carbons (Fsp3) is 0.172. The van der Waals surface area contributed by atoms with Gasteiger partial charge in [-0.1, -0.05) is 84.9 Å². The summed E-state index contributed by atoms with van der Waals surface area (Å²) in [6, 6.07) is 22.7. The van der Waals surface area contributed by atoms with Crippen molar-refractivity contribution in [1.82, 2.24) is 9.80 Å². The number of methoxy groups -OCH3 is 1. The highest BCUT2D eigenvalue weighted by Gasteiger charge is 2.58. The van der Waals surface area contributed by atoms with E-state index in [1.165, 1.54) is 12.0 Å². The van der Waals surface area contributed by atoms with Crippen LogP contribution < -0.4 is 0 Å². The van der Waals surface area contributed by atoms with Crippen molar-refractivity contribution in [2.24, 2.45) is 0 Å². The summed E-state index contributed by atoms with van der Waals surface area (Å²) in [5, 5.41) is 0. The van der Waals surface area contributed by atoms with Crippen LogP contribution in [0, 0.1) is 0 Å². The van der Waals surface area contributed by atoms with Crippen molar-refractivity contribution in [1.29, 1.82) is 0 Å². The van der Waals surface area contributed by atoms with Crippen LogP contribution >= 0.6 is 0 Å².